The van der Waals surface area contributed by atoms with Crippen molar-refractivity contribution in [2.75, 3.05) is 26.2 Å². The molecule has 3 rings (SSSR count). The first-order chi connectivity index (χ1) is 8.48. The van der Waals surface area contributed by atoms with E-state index >= 15 is 0 Å². The Morgan fingerprint density at radius 1 is 1.33 bits per heavy atom. The molecule has 1 amide bonds. The lowest BCUT2D eigenvalue weighted by molar-refractivity contribution is -0.151. The molecule has 0 aromatic heterocycles. The summed E-state index contributed by atoms with van der Waals surface area (Å²) in [7, 11) is 0. The van der Waals surface area contributed by atoms with Gasteiger partial charge in [-0.2, -0.15) is 0 Å². The quantitative estimate of drug-likeness (QED) is 0.701. The third kappa shape index (κ3) is 1.41. The summed E-state index contributed by atoms with van der Waals surface area (Å²) in [5, 5.41) is 3.25. The molecular weight excluding hydrogens is 228 g/mol. The van der Waals surface area contributed by atoms with E-state index in [1.54, 1.807) is 0 Å². The van der Waals surface area contributed by atoms with Gasteiger partial charge < -0.3 is 10.2 Å². The molecule has 0 aromatic rings. The summed E-state index contributed by atoms with van der Waals surface area (Å²) in [6.07, 6.45) is 2.61. The first-order valence-corrected chi connectivity index (χ1v) is 7.03. The molecule has 3 fully saturated rings. The summed E-state index contributed by atoms with van der Waals surface area (Å²) < 4.78 is 0. The lowest BCUT2D eigenvalue weighted by Gasteiger charge is -2.37. The number of amides is 1. The van der Waals surface area contributed by atoms with Gasteiger partial charge in [0.15, 0.2) is 5.78 Å². The Morgan fingerprint density at radius 3 is 2.56 bits per heavy atom. The molecule has 3 aliphatic rings. The maximum absolute atomic E-state index is 12.8. The van der Waals surface area contributed by atoms with Crippen molar-refractivity contribution in [1.29, 1.82) is 0 Å². The minimum absolute atomic E-state index is 0.113. The second-order valence-corrected chi connectivity index (χ2v) is 6.61. The predicted octanol–water partition coefficient (Wildman–Crippen LogP) is 0.814. The Morgan fingerprint density at radius 2 is 2.00 bits per heavy atom. The first kappa shape index (κ1) is 12.2. The molecule has 1 heterocycles. The average Bonchev–Trinajstić information content (AvgIpc) is 2.90. The number of carbonyl (C=O) groups excluding carboxylic acids is 2. The second kappa shape index (κ2) is 3.80. The number of fused-ring (bicyclic) bond motifs is 2. The maximum Gasteiger partial charge on any atom is 0.236 e. The van der Waals surface area contributed by atoms with Crippen molar-refractivity contribution < 1.29 is 9.59 Å². The Kier molecular flexibility index (Phi) is 2.56. The topological polar surface area (TPSA) is 49.4 Å². The molecular formula is C14H22N2O2. The number of hydrogen-bond donors (Lipinski definition) is 1. The summed E-state index contributed by atoms with van der Waals surface area (Å²) in [5.41, 5.74) is -0.951. The molecule has 2 aliphatic carbocycles. The predicted molar refractivity (Wildman–Crippen MR) is 68.0 cm³/mol. The van der Waals surface area contributed by atoms with Crippen molar-refractivity contribution in [2.45, 2.75) is 33.1 Å². The van der Waals surface area contributed by atoms with Crippen molar-refractivity contribution in [3.63, 3.8) is 0 Å². The summed E-state index contributed by atoms with van der Waals surface area (Å²) in [6.45, 7) is 7.24. The zero-order valence-corrected chi connectivity index (χ0v) is 11.3. The van der Waals surface area contributed by atoms with Gasteiger partial charge >= 0.3 is 0 Å². The molecule has 4 nitrogen and oxygen atoms in total. The molecule has 4 heteroatoms. The highest BCUT2D eigenvalue weighted by molar-refractivity contribution is 6.10. The summed E-state index contributed by atoms with van der Waals surface area (Å²) in [4.78, 5) is 27.3. The monoisotopic (exact) mass is 250 g/mol. The van der Waals surface area contributed by atoms with Gasteiger partial charge in [0.05, 0.1) is 0 Å². The average molecular weight is 250 g/mol. The van der Waals surface area contributed by atoms with Crippen LogP contribution in [0.1, 0.15) is 33.1 Å². The lowest BCUT2D eigenvalue weighted by Crippen LogP contribution is -2.54. The van der Waals surface area contributed by atoms with Crippen LogP contribution in [0.25, 0.3) is 0 Å². The normalized spacial score (nSPS) is 38.2. The number of nitrogens with one attached hydrogen (secondary N) is 1. The van der Waals surface area contributed by atoms with Crippen LogP contribution >= 0.6 is 0 Å². The van der Waals surface area contributed by atoms with Crippen molar-refractivity contribution in [3.8, 4) is 0 Å². The Labute approximate surface area is 108 Å². The molecule has 0 radical (unpaired) electrons. The van der Waals surface area contributed by atoms with Crippen LogP contribution in [0.3, 0.4) is 0 Å². The van der Waals surface area contributed by atoms with Crippen LogP contribution in [-0.2, 0) is 9.59 Å². The summed E-state index contributed by atoms with van der Waals surface area (Å²) in [6, 6.07) is 0. The van der Waals surface area contributed by atoms with Crippen molar-refractivity contribution >= 4 is 11.7 Å². The molecule has 100 valence electrons. The number of hydrogen-bond acceptors (Lipinski definition) is 3. The van der Waals surface area contributed by atoms with E-state index < -0.39 is 5.41 Å². The van der Waals surface area contributed by atoms with E-state index in [-0.39, 0.29) is 17.1 Å². The number of piperazine rings is 1. The standard InChI is InChI=1S/C14H22N2O2/c1-13(2)10-3-4-14(9-10,11(13)17)12(18)16-7-5-15-6-8-16/h10,15H,3-9H2,1-2H3/t10-,14-/m0/s1. The van der Waals surface area contributed by atoms with E-state index in [1.165, 1.54) is 0 Å². The van der Waals surface area contributed by atoms with E-state index in [2.05, 4.69) is 5.32 Å². The zero-order chi connectivity index (χ0) is 13.0. The van der Waals surface area contributed by atoms with Gasteiger partial charge in [-0.15, -0.1) is 0 Å². The minimum Gasteiger partial charge on any atom is -0.339 e. The largest absolute Gasteiger partial charge is 0.339 e. The number of rotatable bonds is 1. The van der Waals surface area contributed by atoms with Gasteiger partial charge in [0.1, 0.15) is 5.41 Å². The fourth-order valence-electron chi connectivity index (χ4n) is 4.13. The Balaban J connectivity index is 1.87. The molecule has 18 heavy (non-hydrogen) atoms. The summed E-state index contributed by atoms with van der Waals surface area (Å²) >= 11 is 0. The van der Waals surface area contributed by atoms with Gasteiger partial charge in [-0.05, 0) is 25.2 Å². The molecule has 0 unspecified atom stereocenters. The van der Waals surface area contributed by atoms with Gasteiger partial charge in [0, 0.05) is 31.6 Å². The third-order valence-electron chi connectivity index (χ3n) is 5.37. The van der Waals surface area contributed by atoms with Crippen molar-refractivity contribution in [1.82, 2.24) is 10.2 Å². The highest BCUT2D eigenvalue weighted by Gasteiger charge is 2.65. The lowest BCUT2D eigenvalue weighted by atomic mass is 9.70. The molecule has 1 N–H and O–H groups in total. The van der Waals surface area contributed by atoms with Gasteiger partial charge in [-0.1, -0.05) is 13.8 Å². The first-order valence-electron chi connectivity index (χ1n) is 7.03. The molecule has 0 aromatic carbocycles. The van der Waals surface area contributed by atoms with Gasteiger partial charge in [0.25, 0.3) is 0 Å². The van der Waals surface area contributed by atoms with Crippen molar-refractivity contribution in [2.24, 2.45) is 16.7 Å². The molecule has 1 saturated heterocycles. The zero-order valence-electron chi connectivity index (χ0n) is 11.3. The van der Waals surface area contributed by atoms with E-state index in [0.717, 1.165) is 45.4 Å². The third-order valence-corrected chi connectivity index (χ3v) is 5.37. The molecule has 0 spiro atoms. The van der Waals surface area contributed by atoms with Crippen LogP contribution in [0, 0.1) is 16.7 Å². The van der Waals surface area contributed by atoms with Crippen LogP contribution in [0.4, 0.5) is 0 Å². The van der Waals surface area contributed by atoms with Crippen LogP contribution in [0.15, 0.2) is 0 Å². The minimum atomic E-state index is -0.661. The smallest absolute Gasteiger partial charge is 0.236 e. The van der Waals surface area contributed by atoms with Gasteiger partial charge in [-0.25, -0.2) is 0 Å². The van der Waals surface area contributed by atoms with Crippen LogP contribution in [-0.4, -0.2) is 42.8 Å². The molecule has 2 bridgehead atoms. The fourth-order valence-corrected chi connectivity index (χ4v) is 4.13. The SMILES string of the molecule is CC1(C)C(=O)[C@]2(C(=O)N3CCNCC3)CC[C@H]1C2. The highest BCUT2D eigenvalue weighted by atomic mass is 16.2. The maximum atomic E-state index is 12.8. The number of Topliss-reactive ketones (excluding diaryl/α,β-unsaturated/α-hetero) is 1. The van der Waals surface area contributed by atoms with Gasteiger partial charge in [-0.3, -0.25) is 9.59 Å². The fraction of sp³-hybridized carbons (Fsp3) is 0.857. The van der Waals surface area contributed by atoms with E-state index in [0.29, 0.717) is 5.92 Å². The Hall–Kier alpha value is -0.900. The molecule has 2 atom stereocenters. The molecule has 2 saturated carbocycles. The van der Waals surface area contributed by atoms with E-state index in [9.17, 15) is 9.59 Å². The van der Waals surface area contributed by atoms with E-state index in [1.807, 2.05) is 18.7 Å². The highest BCUT2D eigenvalue weighted by Crippen LogP contribution is 2.60. The van der Waals surface area contributed by atoms with Crippen LogP contribution < -0.4 is 5.32 Å². The number of nitrogens with zero attached hydrogens (tertiary/aromatic N) is 1. The van der Waals surface area contributed by atoms with Crippen LogP contribution in [0.2, 0.25) is 0 Å². The molecule has 1 aliphatic heterocycles. The van der Waals surface area contributed by atoms with Crippen LogP contribution in [0.5, 0.6) is 0 Å². The van der Waals surface area contributed by atoms with Crippen molar-refractivity contribution in [3.05, 3.63) is 0 Å². The van der Waals surface area contributed by atoms with Gasteiger partial charge in [0.2, 0.25) is 5.91 Å². The summed E-state index contributed by atoms with van der Waals surface area (Å²) in [5.74, 6) is 0.730. The second-order valence-electron chi connectivity index (χ2n) is 6.61. The Bertz CT molecular complexity index is 399. The number of carbonyl (C=O) groups is 2. The number of ketones is 1. The van der Waals surface area contributed by atoms with E-state index in [4.69, 9.17) is 0 Å².